The first-order valence-electron chi connectivity index (χ1n) is 6.89. The summed E-state index contributed by atoms with van der Waals surface area (Å²) in [7, 11) is 3.05. The van der Waals surface area contributed by atoms with Gasteiger partial charge in [-0.3, -0.25) is 4.79 Å². The molecule has 7 nitrogen and oxygen atoms in total. The van der Waals surface area contributed by atoms with Gasteiger partial charge in [0.15, 0.2) is 6.10 Å². The van der Waals surface area contributed by atoms with Crippen LogP contribution >= 0.6 is 0 Å². The molecule has 1 unspecified atom stereocenters. The van der Waals surface area contributed by atoms with Gasteiger partial charge in [0.2, 0.25) is 5.91 Å². The summed E-state index contributed by atoms with van der Waals surface area (Å²) in [5.41, 5.74) is 0.649. The minimum Gasteiger partial charge on any atom is -0.496 e. The van der Waals surface area contributed by atoms with Crippen LogP contribution in [0.1, 0.15) is 5.56 Å². The minimum atomic E-state index is -1.06. The lowest BCUT2D eigenvalue weighted by Crippen LogP contribution is -2.49. The lowest BCUT2D eigenvalue weighted by atomic mass is 10.1. The highest BCUT2D eigenvalue weighted by molar-refractivity contribution is 5.82. The molecule has 0 spiro atoms. The van der Waals surface area contributed by atoms with Crippen molar-refractivity contribution in [2.24, 2.45) is 0 Å². The van der Waals surface area contributed by atoms with Gasteiger partial charge >= 0.3 is 5.97 Å². The number of hydrogen-bond acceptors (Lipinski definition) is 5. The maximum Gasteiger partial charge on any atom is 0.334 e. The van der Waals surface area contributed by atoms with E-state index in [-0.39, 0.29) is 25.5 Å². The molecule has 1 saturated heterocycles. The number of amides is 1. The molecule has 1 aromatic rings. The van der Waals surface area contributed by atoms with E-state index in [9.17, 15) is 9.59 Å². The van der Waals surface area contributed by atoms with Crippen LogP contribution in [-0.4, -0.2) is 61.9 Å². The second-order valence-corrected chi connectivity index (χ2v) is 4.86. The van der Waals surface area contributed by atoms with Gasteiger partial charge in [0, 0.05) is 12.1 Å². The van der Waals surface area contributed by atoms with Crippen LogP contribution in [0.3, 0.4) is 0 Å². The van der Waals surface area contributed by atoms with Gasteiger partial charge in [-0.25, -0.2) is 4.79 Å². The molecule has 1 aromatic carbocycles. The summed E-state index contributed by atoms with van der Waals surface area (Å²) in [6, 6.07) is 5.29. The molecule has 2 rings (SSSR count). The van der Waals surface area contributed by atoms with E-state index in [1.807, 2.05) is 0 Å². The molecule has 0 saturated carbocycles. The number of carbonyl (C=O) groups excluding carboxylic acids is 1. The summed E-state index contributed by atoms with van der Waals surface area (Å²) in [6.07, 6.45) is -0.892. The Kier molecular flexibility index (Phi) is 5.21. The van der Waals surface area contributed by atoms with Crippen LogP contribution in [0.2, 0.25) is 0 Å². The van der Waals surface area contributed by atoms with Gasteiger partial charge in [-0.15, -0.1) is 0 Å². The summed E-state index contributed by atoms with van der Waals surface area (Å²) < 4.78 is 15.6. The number of rotatable bonds is 5. The van der Waals surface area contributed by atoms with Crippen molar-refractivity contribution >= 4 is 11.9 Å². The Morgan fingerprint density at radius 2 is 1.95 bits per heavy atom. The van der Waals surface area contributed by atoms with E-state index in [0.29, 0.717) is 23.6 Å². The number of hydrogen-bond donors (Lipinski definition) is 1. The van der Waals surface area contributed by atoms with Crippen LogP contribution < -0.4 is 9.47 Å². The molecule has 0 bridgehead atoms. The van der Waals surface area contributed by atoms with Crippen molar-refractivity contribution < 1.29 is 28.9 Å². The Morgan fingerprint density at radius 3 is 2.50 bits per heavy atom. The Labute approximate surface area is 128 Å². The van der Waals surface area contributed by atoms with Crippen LogP contribution in [0.5, 0.6) is 11.5 Å². The molecule has 120 valence electrons. The van der Waals surface area contributed by atoms with E-state index in [4.69, 9.17) is 19.3 Å². The summed E-state index contributed by atoms with van der Waals surface area (Å²) in [4.78, 5) is 24.9. The molecular formula is C15H19NO6. The standard InChI is InChI=1S/C15H19NO6/c1-20-11-4-3-5-12(21-2)10(11)8-14(17)16-6-7-22-13(9-16)15(18)19/h3-5,13H,6-9H2,1-2H3,(H,18,19). The quantitative estimate of drug-likeness (QED) is 0.855. The molecule has 0 aliphatic carbocycles. The third-order valence-electron chi connectivity index (χ3n) is 3.55. The molecule has 7 heteroatoms. The average molecular weight is 309 g/mol. The van der Waals surface area contributed by atoms with Crippen molar-refractivity contribution in [2.75, 3.05) is 33.9 Å². The van der Waals surface area contributed by atoms with E-state index < -0.39 is 12.1 Å². The third-order valence-corrected chi connectivity index (χ3v) is 3.55. The summed E-state index contributed by atoms with van der Waals surface area (Å²) in [6.45, 7) is 0.636. The normalized spacial score (nSPS) is 17.9. The van der Waals surface area contributed by atoms with Gasteiger partial charge in [0.25, 0.3) is 0 Å². The number of methoxy groups -OCH3 is 2. The molecule has 22 heavy (non-hydrogen) atoms. The van der Waals surface area contributed by atoms with Gasteiger partial charge in [-0.1, -0.05) is 6.07 Å². The second kappa shape index (κ2) is 7.13. The van der Waals surface area contributed by atoms with Crippen molar-refractivity contribution in [3.8, 4) is 11.5 Å². The third kappa shape index (κ3) is 3.48. The lowest BCUT2D eigenvalue weighted by molar-refractivity contribution is -0.159. The van der Waals surface area contributed by atoms with Gasteiger partial charge < -0.3 is 24.2 Å². The number of carboxylic acid groups (broad SMARTS) is 1. The highest BCUT2D eigenvalue weighted by atomic mass is 16.5. The fourth-order valence-corrected chi connectivity index (χ4v) is 2.39. The zero-order chi connectivity index (χ0) is 16.1. The zero-order valence-electron chi connectivity index (χ0n) is 12.6. The number of aliphatic carboxylic acids is 1. The molecule has 1 heterocycles. The number of nitrogens with zero attached hydrogens (tertiary/aromatic N) is 1. The molecule has 1 fully saturated rings. The first kappa shape index (κ1) is 16.1. The van der Waals surface area contributed by atoms with Gasteiger partial charge in [0.1, 0.15) is 11.5 Å². The van der Waals surface area contributed by atoms with Crippen molar-refractivity contribution in [3.63, 3.8) is 0 Å². The van der Waals surface area contributed by atoms with Crippen LogP contribution in [0.4, 0.5) is 0 Å². The van der Waals surface area contributed by atoms with Crippen molar-refractivity contribution in [3.05, 3.63) is 23.8 Å². The number of ether oxygens (including phenoxy) is 3. The molecule has 0 radical (unpaired) electrons. The number of carbonyl (C=O) groups is 2. The molecule has 1 aliphatic heterocycles. The van der Waals surface area contributed by atoms with Crippen molar-refractivity contribution in [1.29, 1.82) is 0 Å². The average Bonchev–Trinajstić information content (AvgIpc) is 2.55. The molecule has 1 atom stereocenters. The summed E-state index contributed by atoms with van der Waals surface area (Å²) >= 11 is 0. The van der Waals surface area contributed by atoms with E-state index in [2.05, 4.69) is 0 Å². The van der Waals surface area contributed by atoms with Crippen molar-refractivity contribution in [2.45, 2.75) is 12.5 Å². The Hall–Kier alpha value is -2.28. The smallest absolute Gasteiger partial charge is 0.334 e. The van der Waals surface area contributed by atoms with Crippen LogP contribution in [0.25, 0.3) is 0 Å². The van der Waals surface area contributed by atoms with E-state index >= 15 is 0 Å². The van der Waals surface area contributed by atoms with E-state index in [1.165, 1.54) is 19.1 Å². The maximum atomic E-state index is 12.4. The maximum absolute atomic E-state index is 12.4. The molecule has 1 amide bonds. The Bertz CT molecular complexity index is 537. The zero-order valence-corrected chi connectivity index (χ0v) is 12.6. The summed E-state index contributed by atoms with van der Waals surface area (Å²) in [5.74, 6) is -0.115. The van der Waals surface area contributed by atoms with E-state index in [0.717, 1.165) is 0 Å². The second-order valence-electron chi connectivity index (χ2n) is 4.86. The Balaban J connectivity index is 2.13. The topological polar surface area (TPSA) is 85.3 Å². The van der Waals surface area contributed by atoms with Crippen LogP contribution in [0, 0.1) is 0 Å². The largest absolute Gasteiger partial charge is 0.496 e. The molecule has 1 N–H and O–H groups in total. The molecule has 1 aliphatic rings. The van der Waals surface area contributed by atoms with Crippen LogP contribution in [0.15, 0.2) is 18.2 Å². The number of benzene rings is 1. The fraction of sp³-hybridized carbons (Fsp3) is 0.467. The highest BCUT2D eigenvalue weighted by Crippen LogP contribution is 2.29. The summed E-state index contributed by atoms with van der Waals surface area (Å²) in [5, 5.41) is 8.99. The fourth-order valence-electron chi connectivity index (χ4n) is 2.39. The van der Waals surface area contributed by atoms with Crippen molar-refractivity contribution in [1.82, 2.24) is 4.90 Å². The number of morpholine rings is 1. The first-order valence-corrected chi connectivity index (χ1v) is 6.89. The van der Waals surface area contributed by atoms with Gasteiger partial charge in [0.05, 0.1) is 33.8 Å². The molecule has 0 aromatic heterocycles. The highest BCUT2D eigenvalue weighted by Gasteiger charge is 2.29. The lowest BCUT2D eigenvalue weighted by Gasteiger charge is -2.31. The van der Waals surface area contributed by atoms with Crippen LogP contribution in [-0.2, 0) is 20.7 Å². The predicted molar refractivity (Wildman–Crippen MR) is 77.2 cm³/mol. The van der Waals surface area contributed by atoms with Gasteiger partial charge in [-0.05, 0) is 12.1 Å². The predicted octanol–water partition coefficient (Wildman–Crippen LogP) is 0.558. The first-order chi connectivity index (χ1) is 10.6. The Morgan fingerprint density at radius 1 is 1.32 bits per heavy atom. The minimum absolute atomic E-state index is 0.0473. The SMILES string of the molecule is COc1cccc(OC)c1CC(=O)N1CCOC(C(=O)O)C1. The monoisotopic (exact) mass is 309 g/mol. The van der Waals surface area contributed by atoms with Gasteiger partial charge in [-0.2, -0.15) is 0 Å². The molecular weight excluding hydrogens is 290 g/mol. The van der Waals surface area contributed by atoms with E-state index in [1.54, 1.807) is 18.2 Å². The number of carboxylic acids is 1.